The van der Waals surface area contributed by atoms with Crippen molar-refractivity contribution in [1.29, 1.82) is 0 Å². The van der Waals surface area contributed by atoms with Gasteiger partial charge in [-0.2, -0.15) is 10.1 Å². The average Bonchev–Trinajstić information content (AvgIpc) is 3.04. The zero-order chi connectivity index (χ0) is 14.1. The number of thiophene rings is 1. The molecule has 0 N–H and O–H groups in total. The van der Waals surface area contributed by atoms with Crippen LogP contribution in [-0.4, -0.2) is 11.6 Å². The van der Waals surface area contributed by atoms with Crippen molar-refractivity contribution in [3.63, 3.8) is 0 Å². The largest absolute Gasteiger partial charge is 0.280 e. The van der Waals surface area contributed by atoms with Crippen molar-refractivity contribution >= 4 is 57.3 Å². The molecule has 0 radical (unpaired) electrons. The predicted octanol–water partition coefficient (Wildman–Crippen LogP) is 4.16. The van der Waals surface area contributed by atoms with E-state index in [1.165, 1.54) is 5.01 Å². The molecule has 3 rings (SSSR count). The first-order valence-corrected chi connectivity index (χ1v) is 8.02. The minimum Gasteiger partial charge on any atom is -0.267 e. The molecule has 0 saturated heterocycles. The van der Waals surface area contributed by atoms with Crippen LogP contribution in [-0.2, 0) is 4.79 Å². The van der Waals surface area contributed by atoms with Crippen molar-refractivity contribution in [2.45, 2.75) is 6.92 Å². The number of benzene rings is 1. The van der Waals surface area contributed by atoms with Gasteiger partial charge in [-0.1, -0.05) is 6.07 Å². The van der Waals surface area contributed by atoms with Crippen molar-refractivity contribution in [1.82, 2.24) is 0 Å². The highest BCUT2D eigenvalue weighted by atomic mass is 127. The first-order chi connectivity index (χ1) is 9.65. The Labute approximate surface area is 134 Å². The summed E-state index contributed by atoms with van der Waals surface area (Å²) in [5.74, 6) is -0.0721. The molecule has 2 heterocycles. The van der Waals surface area contributed by atoms with E-state index in [0.717, 1.165) is 19.8 Å². The predicted molar refractivity (Wildman–Crippen MR) is 92.1 cm³/mol. The number of hydrogen-bond acceptors (Lipinski definition) is 3. The van der Waals surface area contributed by atoms with E-state index in [4.69, 9.17) is 0 Å². The summed E-state index contributed by atoms with van der Waals surface area (Å²) in [6.45, 7) is 1.87. The number of amides is 1. The van der Waals surface area contributed by atoms with Crippen LogP contribution < -0.4 is 5.01 Å². The van der Waals surface area contributed by atoms with E-state index in [0.29, 0.717) is 5.57 Å². The lowest BCUT2D eigenvalue weighted by molar-refractivity contribution is -0.114. The van der Waals surface area contributed by atoms with Gasteiger partial charge in [-0.15, -0.1) is 11.3 Å². The molecule has 1 aliphatic heterocycles. The second-order valence-electron chi connectivity index (χ2n) is 4.35. The molecule has 0 atom stereocenters. The van der Waals surface area contributed by atoms with E-state index in [2.05, 4.69) is 27.7 Å². The number of rotatable bonds is 2. The first-order valence-electron chi connectivity index (χ1n) is 6.06. The zero-order valence-electron chi connectivity index (χ0n) is 10.7. The van der Waals surface area contributed by atoms with Crippen molar-refractivity contribution in [3.05, 3.63) is 55.8 Å². The van der Waals surface area contributed by atoms with Crippen molar-refractivity contribution in [2.75, 3.05) is 5.01 Å². The molecule has 1 amide bonds. The minimum atomic E-state index is -0.0721. The Morgan fingerprint density at radius 3 is 2.65 bits per heavy atom. The second-order valence-corrected chi connectivity index (χ2v) is 6.58. The van der Waals surface area contributed by atoms with Gasteiger partial charge in [-0.25, -0.2) is 0 Å². The Morgan fingerprint density at radius 2 is 2.00 bits per heavy atom. The molecule has 0 unspecified atom stereocenters. The summed E-state index contributed by atoms with van der Waals surface area (Å²) in [6, 6.07) is 11.7. The van der Waals surface area contributed by atoms with Crippen LogP contribution in [0.2, 0.25) is 0 Å². The maximum Gasteiger partial charge on any atom is 0.280 e. The lowest BCUT2D eigenvalue weighted by Gasteiger charge is -2.11. The Balaban J connectivity index is 1.94. The Hall–Kier alpha value is -1.47. The standard InChI is InChI=1S/C15H11IN2OS/c1-10-14(9-13-3-2-8-20-13)15(19)18(17-10)12-6-4-11(16)5-7-12/h2-9H,1H3/b14-9+. The molecule has 1 aromatic carbocycles. The lowest BCUT2D eigenvalue weighted by Crippen LogP contribution is -2.21. The van der Waals surface area contributed by atoms with Gasteiger partial charge in [0.1, 0.15) is 0 Å². The third-order valence-electron chi connectivity index (χ3n) is 2.96. The van der Waals surface area contributed by atoms with E-state index in [-0.39, 0.29) is 5.91 Å². The topological polar surface area (TPSA) is 32.7 Å². The fourth-order valence-electron chi connectivity index (χ4n) is 1.96. The van der Waals surface area contributed by atoms with Crippen LogP contribution in [0.15, 0.2) is 52.5 Å². The van der Waals surface area contributed by atoms with Gasteiger partial charge >= 0.3 is 0 Å². The number of nitrogens with zero attached hydrogens (tertiary/aromatic N) is 2. The Bertz CT molecular complexity index is 702. The van der Waals surface area contributed by atoms with Crippen LogP contribution in [0.3, 0.4) is 0 Å². The SMILES string of the molecule is CC1=NN(c2ccc(I)cc2)C(=O)/C1=C/c1cccs1. The minimum absolute atomic E-state index is 0.0721. The summed E-state index contributed by atoms with van der Waals surface area (Å²) >= 11 is 3.85. The molecule has 0 spiro atoms. The van der Waals surface area contributed by atoms with E-state index in [1.807, 2.05) is 54.8 Å². The molecule has 0 fully saturated rings. The summed E-state index contributed by atoms with van der Waals surface area (Å²) in [5, 5.41) is 7.82. The van der Waals surface area contributed by atoms with Crippen LogP contribution in [0, 0.1) is 3.57 Å². The van der Waals surface area contributed by atoms with Gasteiger partial charge in [0.2, 0.25) is 0 Å². The molecule has 20 heavy (non-hydrogen) atoms. The Morgan fingerprint density at radius 1 is 1.25 bits per heavy atom. The molecule has 0 saturated carbocycles. The summed E-state index contributed by atoms with van der Waals surface area (Å²) in [7, 11) is 0. The number of halogens is 1. The average molecular weight is 394 g/mol. The van der Waals surface area contributed by atoms with E-state index < -0.39 is 0 Å². The molecule has 100 valence electrons. The van der Waals surface area contributed by atoms with E-state index >= 15 is 0 Å². The number of carbonyl (C=O) groups is 1. The summed E-state index contributed by atoms with van der Waals surface area (Å²) in [4.78, 5) is 13.5. The second kappa shape index (κ2) is 5.49. The van der Waals surface area contributed by atoms with Gasteiger partial charge in [0, 0.05) is 8.45 Å². The molecule has 0 aliphatic carbocycles. The van der Waals surface area contributed by atoms with Crippen LogP contribution >= 0.6 is 33.9 Å². The highest BCUT2D eigenvalue weighted by molar-refractivity contribution is 14.1. The smallest absolute Gasteiger partial charge is 0.267 e. The summed E-state index contributed by atoms with van der Waals surface area (Å²) in [5.41, 5.74) is 2.21. The fraction of sp³-hybridized carbons (Fsp3) is 0.0667. The van der Waals surface area contributed by atoms with E-state index in [9.17, 15) is 4.79 Å². The normalized spacial score (nSPS) is 16.9. The van der Waals surface area contributed by atoms with Gasteiger partial charge in [0.15, 0.2) is 0 Å². The number of hydrogen-bond donors (Lipinski definition) is 0. The van der Waals surface area contributed by atoms with Gasteiger partial charge in [0.25, 0.3) is 5.91 Å². The highest BCUT2D eigenvalue weighted by Crippen LogP contribution is 2.26. The number of anilines is 1. The lowest BCUT2D eigenvalue weighted by atomic mass is 10.1. The van der Waals surface area contributed by atoms with Crippen LogP contribution in [0.1, 0.15) is 11.8 Å². The van der Waals surface area contributed by atoms with Crippen LogP contribution in [0.4, 0.5) is 5.69 Å². The summed E-state index contributed by atoms with van der Waals surface area (Å²) < 4.78 is 1.13. The highest BCUT2D eigenvalue weighted by Gasteiger charge is 2.28. The van der Waals surface area contributed by atoms with E-state index in [1.54, 1.807) is 11.3 Å². The van der Waals surface area contributed by atoms with Gasteiger partial charge in [-0.3, -0.25) is 4.79 Å². The fourth-order valence-corrected chi connectivity index (χ4v) is 2.97. The molecule has 1 aromatic heterocycles. The quantitative estimate of drug-likeness (QED) is 0.556. The van der Waals surface area contributed by atoms with Crippen LogP contribution in [0.5, 0.6) is 0 Å². The summed E-state index contributed by atoms with van der Waals surface area (Å²) in [6.07, 6.45) is 1.90. The maximum atomic E-state index is 12.5. The molecule has 2 aromatic rings. The third kappa shape index (κ3) is 2.55. The number of carbonyl (C=O) groups excluding carboxylic acids is 1. The van der Waals surface area contributed by atoms with Crippen LogP contribution in [0.25, 0.3) is 6.08 Å². The van der Waals surface area contributed by atoms with Crippen molar-refractivity contribution in [3.8, 4) is 0 Å². The molecule has 0 bridgehead atoms. The Kier molecular flexibility index (Phi) is 3.71. The molecule has 5 heteroatoms. The third-order valence-corrected chi connectivity index (χ3v) is 4.50. The molecule has 1 aliphatic rings. The molecular weight excluding hydrogens is 383 g/mol. The van der Waals surface area contributed by atoms with Gasteiger partial charge in [0.05, 0.1) is 17.0 Å². The maximum absolute atomic E-state index is 12.5. The molecule has 3 nitrogen and oxygen atoms in total. The van der Waals surface area contributed by atoms with Crippen molar-refractivity contribution in [2.24, 2.45) is 5.10 Å². The van der Waals surface area contributed by atoms with Crippen molar-refractivity contribution < 1.29 is 4.79 Å². The molecular formula is C15H11IN2OS. The van der Waals surface area contributed by atoms with Gasteiger partial charge in [-0.05, 0) is 71.3 Å². The van der Waals surface area contributed by atoms with Gasteiger partial charge < -0.3 is 0 Å². The monoisotopic (exact) mass is 394 g/mol. The zero-order valence-corrected chi connectivity index (χ0v) is 13.7. The first kappa shape index (κ1) is 13.5. The number of hydrazone groups is 1.